The molecule has 0 radical (unpaired) electrons. The van der Waals surface area contributed by atoms with Crippen LogP contribution in [0.2, 0.25) is 0 Å². The Morgan fingerprint density at radius 3 is 2.77 bits per heavy atom. The van der Waals surface area contributed by atoms with Crippen LogP contribution in [0.3, 0.4) is 0 Å². The summed E-state index contributed by atoms with van der Waals surface area (Å²) in [7, 11) is 0. The minimum Gasteiger partial charge on any atom is -0.271 e. The molecule has 2 fully saturated rings. The quantitative estimate of drug-likeness (QED) is 0.604. The molecule has 13 heavy (non-hydrogen) atoms. The molecule has 2 aliphatic rings. The van der Waals surface area contributed by atoms with Crippen LogP contribution in [0.5, 0.6) is 0 Å². The van der Waals surface area contributed by atoms with Gasteiger partial charge >= 0.3 is 0 Å². The Labute approximate surface area is 78.3 Å². The Hall–Kier alpha value is -0.830. The van der Waals surface area contributed by atoms with E-state index in [0.29, 0.717) is 12.5 Å². The number of rotatable bonds is 2. The topological polar surface area (TPSA) is 29.5 Å². The van der Waals surface area contributed by atoms with Gasteiger partial charge in [-0.3, -0.25) is 9.63 Å². The summed E-state index contributed by atoms with van der Waals surface area (Å²) in [6, 6.07) is 0. The lowest BCUT2D eigenvalue weighted by atomic mass is 9.85. The van der Waals surface area contributed by atoms with Crippen molar-refractivity contribution in [2.45, 2.75) is 25.7 Å². The van der Waals surface area contributed by atoms with Crippen molar-refractivity contribution in [2.75, 3.05) is 13.2 Å². The molecule has 2 rings (SSSR count). The molecule has 0 atom stereocenters. The van der Waals surface area contributed by atoms with Gasteiger partial charge in [0.1, 0.15) is 0 Å². The monoisotopic (exact) mass is 181 g/mol. The third-order valence-corrected chi connectivity index (χ3v) is 2.66. The zero-order chi connectivity index (χ0) is 9.10. The normalized spacial score (nSPS) is 23.8. The number of hydrogen-bond acceptors (Lipinski definition) is 2. The van der Waals surface area contributed by atoms with Crippen molar-refractivity contribution in [1.29, 1.82) is 0 Å². The summed E-state index contributed by atoms with van der Waals surface area (Å²) in [5, 5.41) is 1.45. The predicted octanol–water partition coefficient (Wildman–Crippen LogP) is 1.51. The number of amides is 1. The highest BCUT2D eigenvalue weighted by atomic mass is 16.7. The molecule has 1 saturated carbocycles. The van der Waals surface area contributed by atoms with Gasteiger partial charge < -0.3 is 0 Å². The summed E-state index contributed by atoms with van der Waals surface area (Å²) in [5.74, 6) is 0.649. The van der Waals surface area contributed by atoms with Gasteiger partial charge in [-0.05, 0) is 25.2 Å². The fraction of sp³-hybridized carbons (Fsp3) is 0.700. The van der Waals surface area contributed by atoms with Gasteiger partial charge in [0.2, 0.25) is 0 Å². The molecule has 72 valence electrons. The van der Waals surface area contributed by atoms with E-state index in [-0.39, 0.29) is 5.91 Å². The Balaban J connectivity index is 1.79. The molecular formula is C10H15NO2. The molecular weight excluding hydrogens is 166 g/mol. The maximum Gasteiger partial charge on any atom is 0.269 e. The molecule has 3 nitrogen and oxygen atoms in total. The highest BCUT2D eigenvalue weighted by molar-refractivity contribution is 5.86. The maximum absolute atomic E-state index is 11.4. The van der Waals surface area contributed by atoms with Crippen molar-refractivity contribution in [3.05, 3.63) is 12.2 Å². The Morgan fingerprint density at radius 1 is 1.38 bits per heavy atom. The van der Waals surface area contributed by atoms with Crippen LogP contribution in [-0.2, 0) is 9.63 Å². The van der Waals surface area contributed by atoms with Crippen LogP contribution in [-0.4, -0.2) is 24.1 Å². The van der Waals surface area contributed by atoms with E-state index in [1.807, 2.05) is 6.08 Å². The standard InChI is InChI=1S/C10H15NO2/c12-10(11-7-2-8-13-11)6-5-9-3-1-4-9/h5-6,9H,1-4,7-8H2/b6-5+. The van der Waals surface area contributed by atoms with Crippen molar-refractivity contribution >= 4 is 5.91 Å². The van der Waals surface area contributed by atoms with E-state index >= 15 is 0 Å². The summed E-state index contributed by atoms with van der Waals surface area (Å²) in [6.45, 7) is 1.43. The van der Waals surface area contributed by atoms with Crippen molar-refractivity contribution in [1.82, 2.24) is 5.06 Å². The Kier molecular flexibility index (Phi) is 2.64. The van der Waals surface area contributed by atoms with E-state index in [4.69, 9.17) is 4.84 Å². The van der Waals surface area contributed by atoms with Gasteiger partial charge in [-0.2, -0.15) is 0 Å². The summed E-state index contributed by atoms with van der Waals surface area (Å²) >= 11 is 0. The summed E-state index contributed by atoms with van der Waals surface area (Å²) < 4.78 is 0. The molecule has 1 amide bonds. The predicted molar refractivity (Wildman–Crippen MR) is 48.8 cm³/mol. The highest BCUT2D eigenvalue weighted by Crippen LogP contribution is 2.27. The smallest absolute Gasteiger partial charge is 0.269 e. The number of carbonyl (C=O) groups is 1. The fourth-order valence-electron chi connectivity index (χ4n) is 1.56. The van der Waals surface area contributed by atoms with E-state index in [9.17, 15) is 4.79 Å². The van der Waals surface area contributed by atoms with E-state index in [2.05, 4.69) is 0 Å². The molecule has 1 aliphatic heterocycles. The molecule has 3 heteroatoms. The molecule has 0 aromatic carbocycles. The first-order valence-corrected chi connectivity index (χ1v) is 4.99. The van der Waals surface area contributed by atoms with Crippen molar-refractivity contribution in [3.63, 3.8) is 0 Å². The van der Waals surface area contributed by atoms with Crippen LogP contribution in [0.1, 0.15) is 25.7 Å². The SMILES string of the molecule is O=C(/C=C/C1CCC1)N1CCCO1. The van der Waals surface area contributed by atoms with E-state index in [1.54, 1.807) is 6.08 Å². The van der Waals surface area contributed by atoms with E-state index in [1.165, 1.54) is 24.3 Å². The zero-order valence-electron chi connectivity index (χ0n) is 7.74. The van der Waals surface area contributed by atoms with Gasteiger partial charge in [-0.25, -0.2) is 5.06 Å². The molecule has 0 aromatic heterocycles. The molecule has 0 unspecified atom stereocenters. The summed E-state index contributed by atoms with van der Waals surface area (Å²) in [6.07, 6.45) is 8.43. The molecule has 1 heterocycles. The van der Waals surface area contributed by atoms with Crippen LogP contribution >= 0.6 is 0 Å². The second kappa shape index (κ2) is 3.92. The largest absolute Gasteiger partial charge is 0.271 e. The van der Waals surface area contributed by atoms with E-state index in [0.717, 1.165) is 13.0 Å². The molecule has 0 N–H and O–H groups in total. The van der Waals surface area contributed by atoms with Gasteiger partial charge in [0, 0.05) is 6.08 Å². The lowest BCUT2D eigenvalue weighted by molar-refractivity contribution is -0.162. The third kappa shape index (κ3) is 2.10. The molecule has 0 aromatic rings. The average molecular weight is 181 g/mol. The number of allylic oxidation sites excluding steroid dienone is 1. The van der Waals surface area contributed by atoms with Crippen molar-refractivity contribution in [2.24, 2.45) is 5.92 Å². The third-order valence-electron chi connectivity index (χ3n) is 2.66. The minimum atomic E-state index is 0.00407. The van der Waals surface area contributed by atoms with Crippen LogP contribution in [0.25, 0.3) is 0 Å². The fourth-order valence-corrected chi connectivity index (χ4v) is 1.56. The lowest BCUT2D eigenvalue weighted by Crippen LogP contribution is -2.24. The average Bonchev–Trinajstić information content (AvgIpc) is 2.52. The second-order valence-electron chi connectivity index (χ2n) is 3.68. The molecule has 1 saturated heterocycles. The van der Waals surface area contributed by atoms with Gasteiger partial charge in [0.25, 0.3) is 5.91 Å². The Bertz CT molecular complexity index is 215. The van der Waals surface area contributed by atoms with E-state index < -0.39 is 0 Å². The van der Waals surface area contributed by atoms with Crippen LogP contribution in [0, 0.1) is 5.92 Å². The maximum atomic E-state index is 11.4. The number of nitrogens with zero attached hydrogens (tertiary/aromatic N) is 1. The first-order chi connectivity index (χ1) is 6.36. The van der Waals surface area contributed by atoms with Crippen molar-refractivity contribution in [3.8, 4) is 0 Å². The van der Waals surface area contributed by atoms with Crippen molar-refractivity contribution < 1.29 is 9.63 Å². The molecule has 1 aliphatic carbocycles. The number of carbonyl (C=O) groups excluding carboxylic acids is 1. The molecule has 0 spiro atoms. The van der Waals surface area contributed by atoms with Gasteiger partial charge in [0.15, 0.2) is 0 Å². The van der Waals surface area contributed by atoms with Crippen LogP contribution in [0.15, 0.2) is 12.2 Å². The van der Waals surface area contributed by atoms with Crippen LogP contribution in [0.4, 0.5) is 0 Å². The second-order valence-corrected chi connectivity index (χ2v) is 3.68. The zero-order valence-corrected chi connectivity index (χ0v) is 7.74. The Morgan fingerprint density at radius 2 is 2.23 bits per heavy atom. The first-order valence-electron chi connectivity index (χ1n) is 4.99. The van der Waals surface area contributed by atoms with Gasteiger partial charge in [0.05, 0.1) is 13.2 Å². The van der Waals surface area contributed by atoms with Crippen LogP contribution < -0.4 is 0 Å². The number of hydrogen-bond donors (Lipinski definition) is 0. The summed E-state index contributed by atoms with van der Waals surface area (Å²) in [4.78, 5) is 16.5. The van der Waals surface area contributed by atoms with Gasteiger partial charge in [-0.15, -0.1) is 0 Å². The minimum absolute atomic E-state index is 0.00407. The lowest BCUT2D eigenvalue weighted by Gasteiger charge is -2.21. The van der Waals surface area contributed by atoms with Gasteiger partial charge in [-0.1, -0.05) is 12.5 Å². The number of hydroxylamine groups is 2. The first kappa shape index (κ1) is 8.75. The molecule has 0 bridgehead atoms. The summed E-state index contributed by atoms with van der Waals surface area (Å²) in [5.41, 5.74) is 0. The highest BCUT2D eigenvalue weighted by Gasteiger charge is 2.18.